The molecule has 4 rings (SSSR count). The van der Waals surface area contributed by atoms with E-state index in [1.54, 1.807) is 17.0 Å². The Morgan fingerprint density at radius 1 is 1.07 bits per heavy atom. The smallest absolute Gasteiger partial charge is 0.238 e. The van der Waals surface area contributed by atoms with Crippen molar-refractivity contribution in [1.82, 2.24) is 4.90 Å². The maximum atomic E-state index is 13.4. The second-order valence-corrected chi connectivity index (χ2v) is 8.27. The van der Waals surface area contributed by atoms with Crippen LogP contribution >= 0.6 is 0 Å². The molecule has 2 aliphatic rings. The van der Waals surface area contributed by atoms with E-state index < -0.39 is 0 Å². The lowest BCUT2D eigenvalue weighted by Gasteiger charge is -2.31. The number of carbonyl (C=O) groups is 2. The molecule has 0 aliphatic carbocycles. The van der Waals surface area contributed by atoms with E-state index in [0.29, 0.717) is 31.1 Å². The molecule has 1 N–H and O–H groups in total. The van der Waals surface area contributed by atoms with Gasteiger partial charge in [-0.05, 0) is 74.5 Å². The molecule has 2 fully saturated rings. The number of carbonyl (C=O) groups excluding carboxylic acids is 2. The molecular formula is C24H28FN3O2. The van der Waals surface area contributed by atoms with Crippen LogP contribution in [0.15, 0.2) is 48.5 Å². The molecule has 0 atom stereocenters. The average molecular weight is 410 g/mol. The molecule has 6 heteroatoms. The first-order chi connectivity index (χ1) is 14.6. The average Bonchev–Trinajstić information content (AvgIpc) is 3.16. The zero-order valence-electron chi connectivity index (χ0n) is 17.1. The van der Waals surface area contributed by atoms with E-state index in [0.717, 1.165) is 50.0 Å². The summed E-state index contributed by atoms with van der Waals surface area (Å²) in [6.07, 6.45) is 4.30. The first-order valence-corrected chi connectivity index (χ1v) is 10.7. The molecule has 0 radical (unpaired) electrons. The molecule has 2 heterocycles. The number of rotatable bonds is 6. The van der Waals surface area contributed by atoms with E-state index in [1.807, 2.05) is 30.3 Å². The predicted octanol–water partition coefficient (Wildman–Crippen LogP) is 3.85. The number of para-hydroxylation sites is 2. The van der Waals surface area contributed by atoms with Crippen LogP contribution in [0.2, 0.25) is 0 Å². The van der Waals surface area contributed by atoms with Crippen molar-refractivity contribution in [3.8, 4) is 0 Å². The minimum Gasteiger partial charge on any atom is -0.323 e. The van der Waals surface area contributed by atoms with Crippen LogP contribution in [0, 0.1) is 11.7 Å². The summed E-state index contributed by atoms with van der Waals surface area (Å²) in [5, 5.41) is 3.00. The zero-order chi connectivity index (χ0) is 20.9. The van der Waals surface area contributed by atoms with Crippen LogP contribution in [-0.2, 0) is 16.0 Å². The van der Waals surface area contributed by atoms with Gasteiger partial charge in [0.2, 0.25) is 11.8 Å². The summed E-state index contributed by atoms with van der Waals surface area (Å²) in [7, 11) is 0. The summed E-state index contributed by atoms with van der Waals surface area (Å²) in [4.78, 5) is 28.7. The highest BCUT2D eigenvalue weighted by Gasteiger charge is 2.25. The van der Waals surface area contributed by atoms with Crippen molar-refractivity contribution >= 4 is 23.2 Å². The Hall–Kier alpha value is -2.73. The van der Waals surface area contributed by atoms with Gasteiger partial charge in [-0.25, -0.2) is 4.39 Å². The number of halogens is 1. The lowest BCUT2D eigenvalue weighted by Crippen LogP contribution is -2.39. The van der Waals surface area contributed by atoms with Crippen LogP contribution in [0.1, 0.15) is 31.2 Å². The number of piperidine rings is 1. The molecule has 0 aromatic heterocycles. The quantitative estimate of drug-likeness (QED) is 0.789. The van der Waals surface area contributed by atoms with Crippen molar-refractivity contribution in [3.63, 3.8) is 0 Å². The van der Waals surface area contributed by atoms with Crippen LogP contribution in [0.3, 0.4) is 0 Å². The van der Waals surface area contributed by atoms with E-state index in [1.165, 1.54) is 6.07 Å². The van der Waals surface area contributed by atoms with Gasteiger partial charge in [0.1, 0.15) is 5.82 Å². The monoisotopic (exact) mass is 409 g/mol. The normalized spacial score (nSPS) is 18.0. The van der Waals surface area contributed by atoms with Gasteiger partial charge < -0.3 is 10.2 Å². The molecule has 2 aromatic rings. The standard InChI is InChI=1S/C24H28FN3O2/c25-20-6-3-5-19(16-20)15-18-10-13-27(14-11-18)17-23(29)26-21-7-1-2-8-22(21)28-12-4-9-24(28)30/h1-3,5-8,16,18H,4,9-15,17H2,(H,26,29). The van der Waals surface area contributed by atoms with Gasteiger partial charge in [-0.1, -0.05) is 24.3 Å². The predicted molar refractivity (Wildman–Crippen MR) is 116 cm³/mol. The van der Waals surface area contributed by atoms with Crippen molar-refractivity contribution in [2.45, 2.75) is 32.1 Å². The molecule has 0 bridgehead atoms. The second-order valence-electron chi connectivity index (χ2n) is 8.27. The number of hydrogen-bond donors (Lipinski definition) is 1. The Morgan fingerprint density at radius 3 is 2.60 bits per heavy atom. The SMILES string of the molecule is O=C(CN1CCC(Cc2cccc(F)c2)CC1)Nc1ccccc1N1CCCC1=O. The Balaban J connectivity index is 1.28. The fourth-order valence-electron chi connectivity index (χ4n) is 4.46. The van der Waals surface area contributed by atoms with Crippen molar-refractivity contribution in [1.29, 1.82) is 0 Å². The third kappa shape index (κ3) is 5.05. The summed E-state index contributed by atoms with van der Waals surface area (Å²) in [6.45, 7) is 2.76. The van der Waals surface area contributed by atoms with Gasteiger partial charge in [0, 0.05) is 13.0 Å². The Kier molecular flexibility index (Phi) is 6.43. The minimum absolute atomic E-state index is 0.0577. The van der Waals surface area contributed by atoms with Crippen molar-refractivity contribution in [2.75, 3.05) is 36.4 Å². The van der Waals surface area contributed by atoms with E-state index in [-0.39, 0.29) is 17.6 Å². The van der Waals surface area contributed by atoms with Crippen molar-refractivity contribution in [2.24, 2.45) is 5.92 Å². The third-order valence-electron chi connectivity index (χ3n) is 6.03. The number of nitrogens with zero attached hydrogens (tertiary/aromatic N) is 2. The number of anilines is 2. The van der Waals surface area contributed by atoms with Gasteiger partial charge in [0.05, 0.1) is 17.9 Å². The van der Waals surface area contributed by atoms with Crippen LogP contribution < -0.4 is 10.2 Å². The van der Waals surface area contributed by atoms with Crippen LogP contribution in [0.25, 0.3) is 0 Å². The second kappa shape index (κ2) is 9.39. The number of hydrogen-bond acceptors (Lipinski definition) is 3. The lowest BCUT2D eigenvalue weighted by molar-refractivity contribution is -0.118. The third-order valence-corrected chi connectivity index (χ3v) is 6.03. The first-order valence-electron chi connectivity index (χ1n) is 10.7. The Morgan fingerprint density at radius 2 is 1.87 bits per heavy atom. The van der Waals surface area contributed by atoms with E-state index in [9.17, 15) is 14.0 Å². The molecule has 0 saturated carbocycles. The molecule has 30 heavy (non-hydrogen) atoms. The maximum Gasteiger partial charge on any atom is 0.238 e. The summed E-state index contributed by atoms with van der Waals surface area (Å²) in [6, 6.07) is 14.3. The van der Waals surface area contributed by atoms with Gasteiger partial charge in [-0.3, -0.25) is 14.5 Å². The van der Waals surface area contributed by atoms with Crippen LogP contribution in [0.5, 0.6) is 0 Å². The Bertz CT molecular complexity index is 909. The van der Waals surface area contributed by atoms with Gasteiger partial charge in [-0.2, -0.15) is 0 Å². The topological polar surface area (TPSA) is 52.7 Å². The summed E-state index contributed by atoms with van der Waals surface area (Å²) in [5.41, 5.74) is 2.51. The number of nitrogens with one attached hydrogen (secondary N) is 1. The number of benzene rings is 2. The summed E-state index contributed by atoms with van der Waals surface area (Å²) >= 11 is 0. The van der Waals surface area contributed by atoms with Gasteiger partial charge in [0.25, 0.3) is 0 Å². The molecule has 158 valence electrons. The molecule has 5 nitrogen and oxygen atoms in total. The number of likely N-dealkylation sites (tertiary alicyclic amines) is 1. The highest BCUT2D eigenvalue weighted by Crippen LogP contribution is 2.29. The molecule has 0 spiro atoms. The molecular weight excluding hydrogens is 381 g/mol. The maximum absolute atomic E-state index is 13.4. The highest BCUT2D eigenvalue weighted by molar-refractivity contribution is 6.02. The van der Waals surface area contributed by atoms with Crippen molar-refractivity contribution < 1.29 is 14.0 Å². The molecule has 2 amide bonds. The Labute approximate surface area is 176 Å². The fraction of sp³-hybridized carbons (Fsp3) is 0.417. The first kappa shape index (κ1) is 20.5. The largest absolute Gasteiger partial charge is 0.323 e. The van der Waals surface area contributed by atoms with Crippen LogP contribution in [0.4, 0.5) is 15.8 Å². The minimum atomic E-state index is -0.183. The van der Waals surface area contributed by atoms with Gasteiger partial charge in [-0.15, -0.1) is 0 Å². The van der Waals surface area contributed by atoms with E-state index in [2.05, 4.69) is 10.2 Å². The van der Waals surface area contributed by atoms with Gasteiger partial charge >= 0.3 is 0 Å². The van der Waals surface area contributed by atoms with Crippen LogP contribution in [-0.4, -0.2) is 42.9 Å². The molecule has 2 saturated heterocycles. The van der Waals surface area contributed by atoms with E-state index >= 15 is 0 Å². The molecule has 2 aliphatic heterocycles. The molecule has 2 aromatic carbocycles. The summed E-state index contributed by atoms with van der Waals surface area (Å²) in [5.74, 6) is 0.389. The lowest BCUT2D eigenvalue weighted by atomic mass is 9.90. The zero-order valence-corrected chi connectivity index (χ0v) is 17.1. The molecule has 0 unspecified atom stereocenters. The van der Waals surface area contributed by atoms with Crippen molar-refractivity contribution in [3.05, 3.63) is 59.9 Å². The van der Waals surface area contributed by atoms with Gasteiger partial charge in [0.15, 0.2) is 0 Å². The fourth-order valence-corrected chi connectivity index (χ4v) is 4.46. The number of amides is 2. The summed E-state index contributed by atoms with van der Waals surface area (Å²) < 4.78 is 13.4. The highest BCUT2D eigenvalue weighted by atomic mass is 19.1. The van der Waals surface area contributed by atoms with E-state index in [4.69, 9.17) is 0 Å².